The molecule has 96 valence electrons. The van der Waals surface area contributed by atoms with Crippen LogP contribution in [0.25, 0.3) is 0 Å². The molecule has 0 bridgehead atoms. The molecule has 1 aliphatic heterocycles. The van der Waals surface area contributed by atoms with Crippen molar-refractivity contribution in [2.45, 2.75) is 26.2 Å². The van der Waals surface area contributed by atoms with E-state index in [4.69, 9.17) is 10.1 Å². The molecule has 18 heavy (non-hydrogen) atoms. The zero-order valence-electron chi connectivity index (χ0n) is 11.4. The Labute approximate surface area is 109 Å². The lowest BCUT2D eigenvalue weighted by atomic mass is 9.83. The number of hydrogen-bond acceptors (Lipinski definition) is 3. The van der Waals surface area contributed by atoms with E-state index in [-0.39, 0.29) is 5.41 Å². The van der Waals surface area contributed by atoms with Crippen LogP contribution in [-0.2, 0) is 5.41 Å². The summed E-state index contributed by atoms with van der Waals surface area (Å²) in [4.78, 5) is 2.26. The second kappa shape index (κ2) is 4.48. The SMILES string of the molecule is CCN1/C(=C\C=N)C(C)(C)c2cc(OC)ccc21. The Hall–Kier alpha value is -1.77. The van der Waals surface area contributed by atoms with Crippen LogP contribution in [0.3, 0.4) is 0 Å². The highest BCUT2D eigenvalue weighted by atomic mass is 16.5. The number of nitrogens with one attached hydrogen (secondary N) is 1. The summed E-state index contributed by atoms with van der Waals surface area (Å²) in [5, 5.41) is 7.34. The molecule has 1 heterocycles. The molecule has 0 saturated heterocycles. The van der Waals surface area contributed by atoms with Gasteiger partial charge in [-0.25, -0.2) is 0 Å². The first-order valence-electron chi connectivity index (χ1n) is 6.23. The smallest absolute Gasteiger partial charge is 0.119 e. The lowest BCUT2D eigenvalue weighted by Crippen LogP contribution is -2.26. The quantitative estimate of drug-likeness (QED) is 0.828. The summed E-state index contributed by atoms with van der Waals surface area (Å²) in [6.07, 6.45) is 3.25. The minimum Gasteiger partial charge on any atom is -0.497 e. The van der Waals surface area contributed by atoms with Gasteiger partial charge in [-0.05, 0) is 36.8 Å². The minimum atomic E-state index is -0.0859. The van der Waals surface area contributed by atoms with Crippen molar-refractivity contribution in [2.24, 2.45) is 0 Å². The van der Waals surface area contributed by atoms with Crippen LogP contribution in [0.15, 0.2) is 30.0 Å². The highest BCUT2D eigenvalue weighted by Crippen LogP contribution is 2.48. The Kier molecular flexibility index (Phi) is 3.16. The maximum absolute atomic E-state index is 7.34. The predicted molar refractivity (Wildman–Crippen MR) is 75.9 cm³/mol. The molecule has 0 amide bonds. The molecule has 0 unspecified atom stereocenters. The molecule has 1 N–H and O–H groups in total. The maximum Gasteiger partial charge on any atom is 0.119 e. The molecule has 2 rings (SSSR count). The summed E-state index contributed by atoms with van der Waals surface area (Å²) in [7, 11) is 1.69. The third-order valence-electron chi connectivity index (χ3n) is 3.66. The van der Waals surface area contributed by atoms with E-state index in [2.05, 4.69) is 37.8 Å². The first kappa shape index (κ1) is 12.7. The van der Waals surface area contributed by atoms with Crippen LogP contribution in [0.5, 0.6) is 5.75 Å². The van der Waals surface area contributed by atoms with Gasteiger partial charge >= 0.3 is 0 Å². The van der Waals surface area contributed by atoms with Crippen LogP contribution in [0.2, 0.25) is 0 Å². The summed E-state index contributed by atoms with van der Waals surface area (Å²) in [6, 6.07) is 6.19. The summed E-state index contributed by atoms with van der Waals surface area (Å²) < 4.78 is 5.31. The van der Waals surface area contributed by atoms with E-state index in [1.54, 1.807) is 7.11 Å². The molecule has 0 aromatic heterocycles. The third-order valence-corrected chi connectivity index (χ3v) is 3.66. The van der Waals surface area contributed by atoms with Gasteiger partial charge in [0, 0.05) is 29.6 Å². The van der Waals surface area contributed by atoms with Gasteiger partial charge in [-0.3, -0.25) is 0 Å². The summed E-state index contributed by atoms with van der Waals surface area (Å²) in [5.74, 6) is 0.883. The predicted octanol–water partition coefficient (Wildman–Crippen LogP) is 3.35. The highest BCUT2D eigenvalue weighted by Gasteiger charge is 2.39. The molecule has 3 nitrogen and oxygen atoms in total. The van der Waals surface area contributed by atoms with Crippen molar-refractivity contribution in [1.82, 2.24) is 0 Å². The van der Waals surface area contributed by atoms with Gasteiger partial charge in [-0.2, -0.15) is 0 Å². The number of fused-ring (bicyclic) bond motifs is 1. The van der Waals surface area contributed by atoms with Gasteiger partial charge in [-0.15, -0.1) is 0 Å². The highest BCUT2D eigenvalue weighted by molar-refractivity contribution is 5.78. The Morgan fingerprint density at radius 1 is 1.39 bits per heavy atom. The van der Waals surface area contributed by atoms with E-state index in [1.165, 1.54) is 23.2 Å². The normalized spacial score (nSPS) is 18.9. The monoisotopic (exact) mass is 244 g/mol. The number of anilines is 1. The number of allylic oxidation sites excluding steroid dienone is 2. The van der Waals surface area contributed by atoms with Crippen LogP contribution < -0.4 is 9.64 Å². The number of ether oxygens (including phenoxy) is 1. The molecule has 0 atom stereocenters. The Morgan fingerprint density at radius 3 is 2.67 bits per heavy atom. The second-order valence-electron chi connectivity index (χ2n) is 4.97. The fourth-order valence-corrected chi connectivity index (χ4v) is 2.70. The molecule has 3 heteroatoms. The Morgan fingerprint density at radius 2 is 2.11 bits per heavy atom. The zero-order valence-corrected chi connectivity index (χ0v) is 11.4. The van der Waals surface area contributed by atoms with E-state index < -0.39 is 0 Å². The maximum atomic E-state index is 7.34. The van der Waals surface area contributed by atoms with Crippen molar-refractivity contribution in [1.29, 1.82) is 5.41 Å². The van der Waals surface area contributed by atoms with Crippen molar-refractivity contribution in [2.75, 3.05) is 18.6 Å². The van der Waals surface area contributed by atoms with Crippen molar-refractivity contribution >= 4 is 11.9 Å². The number of nitrogens with zero attached hydrogens (tertiary/aromatic N) is 1. The average Bonchev–Trinajstić information content (AvgIpc) is 2.58. The van der Waals surface area contributed by atoms with Gasteiger partial charge in [0.2, 0.25) is 0 Å². The molecule has 0 radical (unpaired) electrons. The fraction of sp³-hybridized carbons (Fsp3) is 0.400. The number of benzene rings is 1. The van der Waals surface area contributed by atoms with Gasteiger partial charge in [-0.1, -0.05) is 13.8 Å². The average molecular weight is 244 g/mol. The van der Waals surface area contributed by atoms with E-state index in [9.17, 15) is 0 Å². The summed E-state index contributed by atoms with van der Waals surface area (Å²) in [6.45, 7) is 7.42. The van der Waals surface area contributed by atoms with Crippen molar-refractivity contribution in [3.05, 3.63) is 35.5 Å². The van der Waals surface area contributed by atoms with Crippen LogP contribution in [0, 0.1) is 5.41 Å². The van der Waals surface area contributed by atoms with Gasteiger partial charge in [0.1, 0.15) is 5.75 Å². The number of hydrogen-bond donors (Lipinski definition) is 1. The number of likely N-dealkylation sites (N-methyl/N-ethyl adjacent to an activating group) is 1. The number of rotatable bonds is 3. The van der Waals surface area contributed by atoms with Gasteiger partial charge in [0.05, 0.1) is 7.11 Å². The second-order valence-corrected chi connectivity index (χ2v) is 4.97. The molecular formula is C15H20N2O. The molecule has 1 aliphatic rings. The molecule has 0 aliphatic carbocycles. The van der Waals surface area contributed by atoms with E-state index in [0.29, 0.717) is 0 Å². The minimum absolute atomic E-state index is 0.0859. The Balaban J connectivity index is 2.63. The number of methoxy groups -OCH3 is 1. The molecule has 1 aromatic carbocycles. The third kappa shape index (κ3) is 1.70. The zero-order chi connectivity index (χ0) is 13.3. The standard InChI is InChI=1S/C15H20N2O/c1-5-17-13-7-6-11(18-4)10-12(13)15(2,3)14(17)8-9-16/h6-10,16H,5H2,1-4H3/b14-8-,16-9?. The van der Waals surface area contributed by atoms with Crippen molar-refractivity contribution in [3.8, 4) is 5.75 Å². The Bertz CT molecular complexity index is 503. The van der Waals surface area contributed by atoms with E-state index in [1.807, 2.05) is 12.1 Å². The largest absolute Gasteiger partial charge is 0.497 e. The summed E-state index contributed by atoms with van der Waals surface area (Å²) >= 11 is 0. The lowest BCUT2D eigenvalue weighted by molar-refractivity contribution is 0.413. The fourth-order valence-electron chi connectivity index (χ4n) is 2.70. The van der Waals surface area contributed by atoms with E-state index in [0.717, 1.165) is 12.3 Å². The molecule has 1 aromatic rings. The topological polar surface area (TPSA) is 36.3 Å². The van der Waals surface area contributed by atoms with Gasteiger partial charge < -0.3 is 15.0 Å². The molecular weight excluding hydrogens is 224 g/mol. The lowest BCUT2D eigenvalue weighted by Gasteiger charge is -2.25. The molecule has 0 saturated carbocycles. The van der Waals surface area contributed by atoms with Crippen molar-refractivity contribution in [3.63, 3.8) is 0 Å². The van der Waals surface area contributed by atoms with Crippen LogP contribution in [0.4, 0.5) is 5.69 Å². The van der Waals surface area contributed by atoms with Crippen LogP contribution in [0.1, 0.15) is 26.3 Å². The summed E-state index contributed by atoms with van der Waals surface area (Å²) in [5.41, 5.74) is 3.56. The van der Waals surface area contributed by atoms with Crippen LogP contribution >= 0.6 is 0 Å². The molecule has 0 spiro atoms. The molecule has 0 fully saturated rings. The van der Waals surface area contributed by atoms with Gasteiger partial charge in [0.15, 0.2) is 0 Å². The van der Waals surface area contributed by atoms with Gasteiger partial charge in [0.25, 0.3) is 0 Å². The van der Waals surface area contributed by atoms with Crippen molar-refractivity contribution < 1.29 is 4.74 Å². The first-order valence-corrected chi connectivity index (χ1v) is 6.23. The van der Waals surface area contributed by atoms with Crippen LogP contribution in [-0.4, -0.2) is 19.9 Å². The first-order chi connectivity index (χ1) is 8.56. The van der Waals surface area contributed by atoms with E-state index >= 15 is 0 Å².